The van der Waals surface area contributed by atoms with Gasteiger partial charge < -0.3 is 58.4 Å². The second-order valence-electron chi connectivity index (χ2n) is 14.3. The zero-order chi connectivity index (χ0) is 42.8. The molecule has 58 heavy (non-hydrogen) atoms. The van der Waals surface area contributed by atoms with E-state index < -0.39 is 71.6 Å². The van der Waals surface area contributed by atoms with Gasteiger partial charge in [-0.1, -0.05) is 55.9 Å². The second kappa shape index (κ2) is 22.9. The minimum atomic E-state index is -1.37. The van der Waals surface area contributed by atoms with E-state index in [0.29, 0.717) is 18.4 Å². The average molecular weight is 826 g/mol. The first-order valence-electron chi connectivity index (χ1n) is 18.8. The van der Waals surface area contributed by atoms with E-state index in [0.717, 1.165) is 35.2 Å². The van der Waals surface area contributed by atoms with E-state index in [9.17, 15) is 44.1 Å². The molecule has 0 unspecified atom stereocenters. The van der Waals surface area contributed by atoms with Crippen LogP contribution in [0.25, 0.3) is 10.9 Å². The average Bonchev–Trinajstić information content (AvgIpc) is 3.58. The number of nitrogens with one attached hydrogen (secondary N) is 6. The number of nitrogens with zero attached hydrogens (tertiary/aromatic N) is 1. The van der Waals surface area contributed by atoms with Gasteiger partial charge in [0.2, 0.25) is 34.7 Å². The Labute approximate surface area is 340 Å². The van der Waals surface area contributed by atoms with Crippen LogP contribution in [0.2, 0.25) is 0 Å². The van der Waals surface area contributed by atoms with Crippen LogP contribution in [-0.2, 0) is 41.6 Å². The highest BCUT2D eigenvalue weighted by Crippen LogP contribution is 2.32. The van der Waals surface area contributed by atoms with Crippen molar-refractivity contribution in [2.45, 2.75) is 88.2 Å². The lowest BCUT2D eigenvalue weighted by atomic mass is 10.0. The van der Waals surface area contributed by atoms with E-state index in [1.54, 1.807) is 6.20 Å². The van der Waals surface area contributed by atoms with Crippen molar-refractivity contribution in [3.8, 4) is 5.75 Å². The zero-order valence-electron chi connectivity index (χ0n) is 32.9. The number of H-pyrrole nitrogens is 1. The molecular formula is C39H55N9O9S. The van der Waals surface area contributed by atoms with Crippen LogP contribution in [0.15, 0.2) is 59.7 Å². The van der Waals surface area contributed by atoms with Crippen molar-refractivity contribution in [2.24, 2.45) is 16.5 Å². The van der Waals surface area contributed by atoms with Gasteiger partial charge >= 0.3 is 0 Å². The van der Waals surface area contributed by atoms with Crippen molar-refractivity contribution in [1.82, 2.24) is 31.6 Å². The minimum absolute atomic E-state index is 0.00222. The fourth-order valence-corrected chi connectivity index (χ4v) is 7.06. The molecule has 0 aliphatic rings. The van der Waals surface area contributed by atoms with Crippen LogP contribution in [0.1, 0.15) is 57.6 Å². The normalized spacial score (nSPS) is 13.3. The van der Waals surface area contributed by atoms with Crippen LogP contribution >= 0.6 is 11.8 Å². The van der Waals surface area contributed by atoms with Gasteiger partial charge in [0.1, 0.15) is 29.9 Å². The summed E-state index contributed by atoms with van der Waals surface area (Å²) in [6.07, 6.45) is 3.09. The third kappa shape index (κ3) is 15.7. The van der Waals surface area contributed by atoms with Crippen molar-refractivity contribution < 1.29 is 44.1 Å². The number of para-hydroxylation sites is 1. The number of aromatic amines is 1. The summed E-state index contributed by atoms with van der Waals surface area (Å²) in [5.74, 6) is -3.90. The van der Waals surface area contributed by atoms with E-state index in [4.69, 9.17) is 11.5 Å². The van der Waals surface area contributed by atoms with E-state index in [1.165, 1.54) is 24.3 Å². The molecule has 0 radical (unpaired) electrons. The topological polar surface area (TPSA) is 303 Å². The molecule has 316 valence electrons. The van der Waals surface area contributed by atoms with Crippen LogP contribution in [-0.4, -0.2) is 116 Å². The van der Waals surface area contributed by atoms with Crippen LogP contribution in [0.4, 0.5) is 0 Å². The van der Waals surface area contributed by atoms with Gasteiger partial charge in [-0.2, -0.15) is 0 Å². The maximum absolute atomic E-state index is 13.8. The molecule has 0 saturated heterocycles. The van der Waals surface area contributed by atoms with Gasteiger partial charge in [0, 0.05) is 54.8 Å². The number of aromatic nitrogens is 1. The molecule has 0 bridgehead atoms. The molecule has 3 rings (SSSR count). The van der Waals surface area contributed by atoms with Crippen LogP contribution in [0.5, 0.6) is 5.75 Å². The Morgan fingerprint density at radius 2 is 1.50 bits per heavy atom. The molecule has 0 saturated carbocycles. The van der Waals surface area contributed by atoms with E-state index in [2.05, 4.69) is 36.6 Å². The Morgan fingerprint density at radius 3 is 2.16 bits per heavy atom. The van der Waals surface area contributed by atoms with Gasteiger partial charge in [0.05, 0.1) is 13.2 Å². The number of rotatable bonds is 23. The Bertz CT molecular complexity index is 1900. The van der Waals surface area contributed by atoms with Gasteiger partial charge in [-0.25, -0.2) is 0 Å². The van der Waals surface area contributed by atoms with Gasteiger partial charge in [-0.15, -0.1) is 0 Å². The summed E-state index contributed by atoms with van der Waals surface area (Å²) in [7, 11) is 0. The lowest BCUT2D eigenvalue weighted by Crippen LogP contribution is -2.58. The molecule has 1 heterocycles. The number of fused-ring (bicyclic) bond motifs is 1. The molecular weight excluding hydrogens is 771 g/mol. The van der Waals surface area contributed by atoms with E-state index >= 15 is 0 Å². The van der Waals surface area contributed by atoms with E-state index in [-0.39, 0.29) is 55.7 Å². The summed E-state index contributed by atoms with van der Waals surface area (Å²) in [4.78, 5) is 86.4. The first-order valence-corrected chi connectivity index (χ1v) is 19.6. The van der Waals surface area contributed by atoms with Crippen LogP contribution < -0.4 is 38.1 Å². The number of carbonyl (C=O) groups excluding carboxylic acids is 6. The van der Waals surface area contributed by atoms with Crippen molar-refractivity contribution in [3.63, 3.8) is 0 Å². The largest absolute Gasteiger partial charge is 0.508 e. The number of nitrogens with two attached hydrogens (primary N) is 2. The Kier molecular flexibility index (Phi) is 18.5. The number of aliphatic hydroxyl groups is 2. The van der Waals surface area contributed by atoms with E-state index in [1.807, 2.05) is 38.1 Å². The number of hydrogen-bond acceptors (Lipinski definition) is 11. The van der Waals surface area contributed by atoms with Crippen LogP contribution in [0.3, 0.4) is 0 Å². The predicted molar refractivity (Wildman–Crippen MR) is 220 cm³/mol. The van der Waals surface area contributed by atoms with Crippen LogP contribution in [0, 0.1) is 0 Å². The Hall–Kier alpha value is -5.66. The highest BCUT2D eigenvalue weighted by molar-refractivity contribution is 8.14. The molecule has 18 nitrogen and oxygen atoms in total. The number of carbonyl (C=O) groups is 6. The molecule has 0 spiro atoms. The quantitative estimate of drug-likeness (QED) is 0.0331. The lowest BCUT2D eigenvalue weighted by molar-refractivity contribution is -0.134. The summed E-state index contributed by atoms with van der Waals surface area (Å²) in [5.41, 5.74) is 13.1. The number of thioether (sulfide) groups is 1. The monoisotopic (exact) mass is 825 g/mol. The molecule has 4 atom stereocenters. The highest BCUT2D eigenvalue weighted by Gasteiger charge is 2.32. The summed E-state index contributed by atoms with van der Waals surface area (Å²) < 4.78 is -0.538. The number of aliphatic hydroxyl groups excluding tert-OH is 2. The van der Waals surface area contributed by atoms with Crippen molar-refractivity contribution in [2.75, 3.05) is 26.3 Å². The predicted octanol–water partition coefficient (Wildman–Crippen LogP) is -0.409. The van der Waals surface area contributed by atoms with Crippen molar-refractivity contribution in [3.05, 3.63) is 65.9 Å². The maximum atomic E-state index is 13.8. The summed E-state index contributed by atoms with van der Waals surface area (Å²) in [6.45, 7) is 3.68. The number of phenols is 1. The van der Waals surface area contributed by atoms with Gasteiger partial charge in [-0.05, 0) is 55.0 Å². The third-order valence-corrected chi connectivity index (χ3v) is 10.2. The zero-order valence-corrected chi connectivity index (χ0v) is 33.7. The summed E-state index contributed by atoms with van der Waals surface area (Å²) >= 11 is 1.07. The molecule has 3 aromatic rings. The minimum Gasteiger partial charge on any atom is -0.508 e. The fraction of sp³-hybridized carbons (Fsp3) is 0.462. The molecule has 19 heteroatoms. The number of hydrogen-bond donors (Lipinski definition) is 11. The number of guanidine groups is 1. The number of aromatic hydroxyl groups is 1. The molecule has 2 aromatic carbocycles. The smallest absolute Gasteiger partial charge is 0.245 e. The second-order valence-corrected chi connectivity index (χ2v) is 16.0. The molecule has 1 aromatic heterocycles. The molecule has 0 fully saturated rings. The molecule has 5 amide bonds. The number of amides is 5. The SMILES string of the molecule is CC(=O)N[C@@H](CO)C(=O)N[C@@H](Cc1ccc(O)cc1)C(=O)N[C@@H](CCCN=C(N)N)C(=O)NCC(=O)N[C@@H](Cc1c[nH]c2ccccc12)C(=O)SC(C)(C)CCCO. The molecule has 13 N–H and O–H groups in total. The van der Waals surface area contributed by atoms with Gasteiger partial charge in [-0.3, -0.25) is 33.8 Å². The molecule has 0 aliphatic carbocycles. The lowest BCUT2D eigenvalue weighted by Gasteiger charge is -2.26. The van der Waals surface area contributed by atoms with Gasteiger partial charge in [0.15, 0.2) is 5.96 Å². The first-order chi connectivity index (χ1) is 27.5. The maximum Gasteiger partial charge on any atom is 0.245 e. The Morgan fingerprint density at radius 1 is 0.828 bits per heavy atom. The van der Waals surface area contributed by atoms with Gasteiger partial charge in [0.25, 0.3) is 0 Å². The summed E-state index contributed by atoms with van der Waals surface area (Å²) in [5, 5.41) is 42.1. The summed E-state index contributed by atoms with van der Waals surface area (Å²) in [6, 6.07) is 8.43. The third-order valence-electron chi connectivity index (χ3n) is 8.92. The standard InChI is InChI=1S/C39H55N9O9S/c1-23(51)45-32(22-50)36(56)48-30(18-24-11-13-26(52)14-12-24)35(55)47-29(10-6-16-42-38(40)41)34(54)44-21-33(53)46-31(37(57)58-39(2,3)15-7-17-49)19-25-20-43-28-9-5-4-8-27(25)28/h4-5,8-9,11-14,20,29-32,43,49-50,52H,6-7,10,15-19,21-22H2,1-3H3,(H,44,54)(H,45,51)(H,46,53)(H,47,55)(H,48,56)(H4,40,41,42)/t29-,30-,31-,32-/m0/s1. The number of aliphatic imine (C=N–C) groups is 1. The first kappa shape index (κ1) is 46.7. The number of phenolic OH excluding ortho intramolecular Hbond substituents is 1. The fourth-order valence-electron chi connectivity index (χ4n) is 5.98. The Balaban J connectivity index is 1.80. The van der Waals surface area contributed by atoms with Crippen molar-refractivity contribution >= 4 is 63.3 Å². The number of benzene rings is 2. The molecule has 0 aliphatic heterocycles. The highest BCUT2D eigenvalue weighted by atomic mass is 32.2. The van der Waals surface area contributed by atoms with Crippen molar-refractivity contribution in [1.29, 1.82) is 0 Å².